The molecule has 0 atom stereocenters. The van der Waals surface area contributed by atoms with Crippen LogP contribution in [-0.4, -0.2) is 9.97 Å². The predicted molar refractivity (Wildman–Crippen MR) is 57.5 cm³/mol. The molecule has 0 radical (unpaired) electrons. The number of nitrogens with one attached hydrogen (secondary N) is 1. The summed E-state index contributed by atoms with van der Waals surface area (Å²) in [7, 11) is 0. The third-order valence-corrected chi connectivity index (χ3v) is 2.43. The third kappa shape index (κ3) is 1.29. The first-order valence-corrected chi connectivity index (χ1v) is 4.77. The van der Waals surface area contributed by atoms with Gasteiger partial charge in [-0.15, -0.1) is 0 Å². The summed E-state index contributed by atoms with van der Waals surface area (Å²) < 4.78 is 0. The van der Waals surface area contributed by atoms with Crippen LogP contribution in [0.1, 0.15) is 0 Å². The van der Waals surface area contributed by atoms with Gasteiger partial charge in [-0.2, -0.15) is 0 Å². The largest absolute Gasteiger partial charge is 0.366 e. The molecule has 0 saturated carbocycles. The lowest BCUT2D eigenvalue weighted by molar-refractivity contribution is 1.09. The summed E-state index contributed by atoms with van der Waals surface area (Å²) in [5, 5.41) is 7.40. The van der Waals surface area contributed by atoms with Crippen LogP contribution in [0, 0.1) is 10.6 Å². The molecule has 0 bridgehead atoms. The highest BCUT2D eigenvalue weighted by Crippen LogP contribution is 1.86. The molecule has 3 heteroatoms. The van der Waals surface area contributed by atoms with E-state index in [1.165, 1.54) is 0 Å². The molecule has 15 heavy (non-hydrogen) atoms. The third-order valence-electron chi connectivity index (χ3n) is 2.43. The molecule has 0 aliphatic carbocycles. The summed E-state index contributed by atoms with van der Waals surface area (Å²) in [6.07, 6.45) is 7.27. The molecule has 3 rings (SSSR count). The Morgan fingerprint density at radius 2 is 1.87 bits per heavy atom. The summed E-state index contributed by atoms with van der Waals surface area (Å²) in [5.41, 5.74) is 0. The molecule has 0 spiro atoms. The SMILES string of the molecule is C1=c2ccccc2=c2ncncc2=CN1. The smallest absolute Gasteiger partial charge is 0.116 e. The van der Waals surface area contributed by atoms with Crippen molar-refractivity contribution in [2.45, 2.75) is 0 Å². The minimum atomic E-state index is 0.974. The van der Waals surface area contributed by atoms with E-state index >= 15 is 0 Å². The Balaban J connectivity index is 2.73. The van der Waals surface area contributed by atoms with Crippen molar-refractivity contribution in [1.29, 1.82) is 0 Å². The first kappa shape index (κ1) is 8.17. The maximum absolute atomic E-state index is 4.32. The van der Waals surface area contributed by atoms with Crippen molar-refractivity contribution in [1.82, 2.24) is 15.3 Å². The van der Waals surface area contributed by atoms with E-state index in [2.05, 4.69) is 27.4 Å². The van der Waals surface area contributed by atoms with Crippen molar-refractivity contribution in [2.24, 2.45) is 0 Å². The van der Waals surface area contributed by atoms with Crippen LogP contribution in [0.3, 0.4) is 0 Å². The van der Waals surface area contributed by atoms with Crippen molar-refractivity contribution < 1.29 is 0 Å². The molecule has 1 N–H and O–H groups in total. The van der Waals surface area contributed by atoms with Gasteiger partial charge >= 0.3 is 0 Å². The molecule has 2 heterocycles. The van der Waals surface area contributed by atoms with Crippen LogP contribution in [0.4, 0.5) is 0 Å². The highest BCUT2D eigenvalue weighted by Gasteiger charge is 1.93. The zero-order chi connectivity index (χ0) is 10.1. The zero-order valence-electron chi connectivity index (χ0n) is 8.01. The van der Waals surface area contributed by atoms with E-state index in [1.807, 2.05) is 30.7 Å². The Kier molecular flexibility index (Phi) is 1.75. The molecular formula is C12H9N3. The maximum Gasteiger partial charge on any atom is 0.116 e. The van der Waals surface area contributed by atoms with Crippen LogP contribution in [0.5, 0.6) is 0 Å². The van der Waals surface area contributed by atoms with E-state index in [9.17, 15) is 0 Å². The molecule has 2 aromatic rings. The summed E-state index contributed by atoms with van der Waals surface area (Å²) in [6, 6.07) is 8.17. The van der Waals surface area contributed by atoms with E-state index in [4.69, 9.17) is 0 Å². The highest BCUT2D eigenvalue weighted by molar-refractivity contribution is 5.37. The highest BCUT2D eigenvalue weighted by atomic mass is 14.8. The van der Waals surface area contributed by atoms with Gasteiger partial charge in [0, 0.05) is 29.0 Å². The first-order valence-electron chi connectivity index (χ1n) is 4.77. The number of hydrogen-bond donors (Lipinski definition) is 1. The second kappa shape index (κ2) is 3.20. The lowest BCUT2D eigenvalue weighted by atomic mass is 10.2. The van der Waals surface area contributed by atoms with E-state index in [1.54, 1.807) is 6.33 Å². The second-order valence-electron chi connectivity index (χ2n) is 3.37. The quantitative estimate of drug-likeness (QED) is 0.635. The number of benzene rings is 1. The van der Waals surface area contributed by atoms with Gasteiger partial charge in [-0.3, -0.25) is 0 Å². The Hall–Kier alpha value is -2.16. The summed E-state index contributed by atoms with van der Waals surface area (Å²) in [4.78, 5) is 8.33. The van der Waals surface area contributed by atoms with Gasteiger partial charge < -0.3 is 5.32 Å². The fraction of sp³-hybridized carbons (Fsp3) is 0. The molecule has 1 aliphatic rings. The van der Waals surface area contributed by atoms with Crippen LogP contribution >= 0.6 is 0 Å². The standard InChI is InChI=1S/C12H9N3/c1-2-4-11-9(3-1)5-13-6-10-7-14-8-15-12(10)11/h1-8,13H. The van der Waals surface area contributed by atoms with Crippen molar-refractivity contribution in [2.75, 3.05) is 0 Å². The van der Waals surface area contributed by atoms with Crippen LogP contribution in [0.15, 0.2) is 36.8 Å². The van der Waals surface area contributed by atoms with Crippen LogP contribution in [0.25, 0.3) is 12.4 Å². The van der Waals surface area contributed by atoms with Gasteiger partial charge in [0.1, 0.15) is 6.33 Å². The minimum Gasteiger partial charge on any atom is -0.366 e. The van der Waals surface area contributed by atoms with Gasteiger partial charge in [0.05, 0.1) is 5.35 Å². The summed E-state index contributed by atoms with van der Waals surface area (Å²) >= 11 is 0. The summed E-state index contributed by atoms with van der Waals surface area (Å²) in [5.74, 6) is 0. The molecule has 0 unspecified atom stereocenters. The normalized spacial score (nSPS) is 12.3. The minimum absolute atomic E-state index is 0.974. The average molecular weight is 195 g/mol. The van der Waals surface area contributed by atoms with E-state index in [0.717, 1.165) is 21.0 Å². The van der Waals surface area contributed by atoms with Crippen LogP contribution < -0.4 is 15.8 Å². The number of aromatic nitrogens is 2. The lowest BCUT2D eigenvalue weighted by Gasteiger charge is -1.88. The summed E-state index contributed by atoms with van der Waals surface area (Å²) in [6.45, 7) is 0. The van der Waals surface area contributed by atoms with Gasteiger partial charge in [-0.1, -0.05) is 24.3 Å². The molecule has 0 saturated heterocycles. The number of hydrogen-bond acceptors (Lipinski definition) is 3. The van der Waals surface area contributed by atoms with Gasteiger partial charge in [0.2, 0.25) is 0 Å². The molecule has 1 aromatic heterocycles. The fourth-order valence-corrected chi connectivity index (χ4v) is 1.73. The molecular weight excluding hydrogens is 186 g/mol. The molecule has 3 nitrogen and oxygen atoms in total. The molecule has 72 valence electrons. The van der Waals surface area contributed by atoms with Crippen LogP contribution in [0.2, 0.25) is 0 Å². The molecule has 1 aliphatic heterocycles. The van der Waals surface area contributed by atoms with Crippen molar-refractivity contribution in [3.63, 3.8) is 0 Å². The second-order valence-corrected chi connectivity index (χ2v) is 3.37. The van der Waals surface area contributed by atoms with Crippen molar-refractivity contribution in [3.05, 3.63) is 57.8 Å². The van der Waals surface area contributed by atoms with E-state index < -0.39 is 0 Å². The fourth-order valence-electron chi connectivity index (χ4n) is 1.73. The Labute approximate surface area is 86.1 Å². The number of nitrogens with zero attached hydrogens (tertiary/aromatic N) is 2. The monoisotopic (exact) mass is 195 g/mol. The Morgan fingerprint density at radius 1 is 1.00 bits per heavy atom. The van der Waals surface area contributed by atoms with Gasteiger partial charge in [0.25, 0.3) is 0 Å². The van der Waals surface area contributed by atoms with E-state index in [0.29, 0.717) is 0 Å². The maximum atomic E-state index is 4.32. The van der Waals surface area contributed by atoms with E-state index in [-0.39, 0.29) is 0 Å². The van der Waals surface area contributed by atoms with Crippen LogP contribution in [-0.2, 0) is 0 Å². The Morgan fingerprint density at radius 3 is 2.87 bits per heavy atom. The van der Waals surface area contributed by atoms with Gasteiger partial charge in [-0.05, 0) is 5.22 Å². The lowest BCUT2D eigenvalue weighted by Crippen LogP contribution is -2.10. The first-order chi connectivity index (χ1) is 7.45. The average Bonchev–Trinajstić information content (AvgIpc) is 2.48. The van der Waals surface area contributed by atoms with Crippen molar-refractivity contribution in [3.8, 4) is 0 Å². The zero-order valence-corrected chi connectivity index (χ0v) is 8.01. The predicted octanol–water partition coefficient (Wildman–Crippen LogP) is -0.157. The van der Waals surface area contributed by atoms with Gasteiger partial charge in [0.15, 0.2) is 0 Å². The molecule has 0 amide bonds. The van der Waals surface area contributed by atoms with Gasteiger partial charge in [-0.25, -0.2) is 9.97 Å². The molecule has 1 aromatic carbocycles. The molecule has 0 fully saturated rings. The van der Waals surface area contributed by atoms with Crippen molar-refractivity contribution >= 4 is 12.4 Å². The number of rotatable bonds is 0. The Bertz CT molecular complexity index is 643. The number of fused-ring (bicyclic) bond motifs is 2. The topological polar surface area (TPSA) is 37.8 Å².